The molecule has 1 aliphatic rings. The van der Waals surface area contributed by atoms with Gasteiger partial charge in [-0.1, -0.05) is 18.2 Å². The molecule has 1 fully saturated rings. The summed E-state index contributed by atoms with van der Waals surface area (Å²) >= 11 is 0. The maximum Gasteiger partial charge on any atom is 0.324 e. The normalized spacial score (nSPS) is 19.3. The molecule has 3 rings (SSSR count). The summed E-state index contributed by atoms with van der Waals surface area (Å²) in [6.07, 6.45) is -0.195. The molecule has 2 aromatic carbocycles. The van der Waals surface area contributed by atoms with Gasteiger partial charge in [-0.25, -0.2) is 22.0 Å². The lowest BCUT2D eigenvalue weighted by Gasteiger charge is -2.31. The van der Waals surface area contributed by atoms with E-state index in [9.17, 15) is 31.5 Å². The zero-order chi connectivity index (χ0) is 32.4. The number of rotatable bonds is 9. The molecule has 4 atom stereocenters. The summed E-state index contributed by atoms with van der Waals surface area (Å²) < 4.78 is 77.0. The van der Waals surface area contributed by atoms with Gasteiger partial charge >= 0.3 is 5.97 Å². The van der Waals surface area contributed by atoms with Crippen LogP contribution in [0.5, 0.6) is 0 Å². The van der Waals surface area contributed by atoms with Crippen molar-refractivity contribution in [3.05, 3.63) is 70.0 Å². The van der Waals surface area contributed by atoms with E-state index in [1.807, 2.05) is 25.7 Å². The molecular formula is C32H42F5N3O3. The number of carbonyl (C=O) groups excluding carboxylic acids is 2. The Morgan fingerprint density at radius 1 is 0.930 bits per heavy atom. The zero-order valence-corrected chi connectivity index (χ0v) is 26.0. The maximum atomic E-state index is 14.8. The Balaban J connectivity index is 1.77. The number of hydrogen-bond donors (Lipinski definition) is 2. The van der Waals surface area contributed by atoms with E-state index in [1.54, 1.807) is 27.7 Å². The summed E-state index contributed by atoms with van der Waals surface area (Å²) in [6, 6.07) is 3.26. The molecule has 0 aliphatic carbocycles. The molecular weight excluding hydrogens is 569 g/mol. The summed E-state index contributed by atoms with van der Waals surface area (Å²) in [7, 11) is 0. The predicted octanol–water partition coefficient (Wildman–Crippen LogP) is 5.55. The third kappa shape index (κ3) is 8.53. The molecule has 0 bridgehead atoms. The van der Waals surface area contributed by atoms with Crippen molar-refractivity contribution in [1.82, 2.24) is 15.5 Å². The van der Waals surface area contributed by atoms with Crippen LogP contribution in [0, 0.1) is 41.9 Å². The van der Waals surface area contributed by atoms with Gasteiger partial charge < -0.3 is 15.4 Å². The highest BCUT2D eigenvalue weighted by molar-refractivity contribution is 5.81. The second kappa shape index (κ2) is 13.3. The number of aryl methyl sites for hydroxylation is 1. The Labute approximate surface area is 250 Å². The third-order valence-electron chi connectivity index (χ3n) is 7.60. The lowest BCUT2D eigenvalue weighted by molar-refractivity contribution is -0.157. The summed E-state index contributed by atoms with van der Waals surface area (Å²) in [6.45, 7) is 14.6. The minimum Gasteiger partial charge on any atom is -0.459 e. The summed E-state index contributed by atoms with van der Waals surface area (Å²) in [4.78, 5) is 28.5. The number of esters is 1. The van der Waals surface area contributed by atoms with Crippen LogP contribution in [0.3, 0.4) is 0 Å². The lowest BCUT2D eigenvalue weighted by atomic mass is 9.87. The van der Waals surface area contributed by atoms with Crippen molar-refractivity contribution < 1.29 is 36.3 Å². The van der Waals surface area contributed by atoms with E-state index in [0.717, 1.165) is 6.07 Å². The standard InChI is InChI=1S/C32H42F5N3O3/c1-17-9-10-19(26(35)25(17)34)13-24(30(42)43-32(6,7)8)38-14-18(2)39-29(41)22-16-40(31(3,4)5)15-21(22)20-11-12-23(33)28(37)27(20)36/h9-12,18,21-22,24,38H,13-16H2,1-8H3,(H,39,41)/t18-,21-,22+,24-/m0/s1. The molecule has 0 unspecified atom stereocenters. The van der Waals surface area contributed by atoms with E-state index in [1.165, 1.54) is 25.1 Å². The van der Waals surface area contributed by atoms with Crippen LogP contribution in [0.2, 0.25) is 0 Å². The molecule has 1 amide bonds. The van der Waals surface area contributed by atoms with Crippen LogP contribution in [-0.2, 0) is 20.7 Å². The topological polar surface area (TPSA) is 70.7 Å². The van der Waals surface area contributed by atoms with E-state index in [4.69, 9.17) is 4.74 Å². The van der Waals surface area contributed by atoms with Gasteiger partial charge in [0, 0.05) is 43.6 Å². The maximum absolute atomic E-state index is 14.8. The Kier molecular flexibility index (Phi) is 10.7. The number of amides is 1. The van der Waals surface area contributed by atoms with Gasteiger partial charge in [-0.15, -0.1) is 0 Å². The third-order valence-corrected chi connectivity index (χ3v) is 7.60. The highest BCUT2D eigenvalue weighted by atomic mass is 19.2. The molecule has 1 heterocycles. The van der Waals surface area contributed by atoms with Crippen molar-refractivity contribution in [2.75, 3.05) is 19.6 Å². The summed E-state index contributed by atoms with van der Waals surface area (Å²) in [5.74, 6) is -8.83. The van der Waals surface area contributed by atoms with Gasteiger partial charge in [0.05, 0.1) is 5.92 Å². The lowest BCUT2D eigenvalue weighted by Crippen LogP contribution is -2.50. The van der Waals surface area contributed by atoms with Crippen molar-refractivity contribution >= 4 is 11.9 Å². The molecule has 0 aromatic heterocycles. The van der Waals surface area contributed by atoms with E-state index in [0.29, 0.717) is 0 Å². The molecule has 6 nitrogen and oxygen atoms in total. The number of ether oxygens (including phenoxy) is 1. The van der Waals surface area contributed by atoms with Crippen LogP contribution in [-0.4, -0.2) is 59.6 Å². The number of benzene rings is 2. The van der Waals surface area contributed by atoms with Gasteiger partial charge in [-0.3, -0.25) is 14.5 Å². The Morgan fingerprint density at radius 2 is 1.58 bits per heavy atom. The predicted molar refractivity (Wildman–Crippen MR) is 154 cm³/mol. The van der Waals surface area contributed by atoms with Gasteiger partial charge in [0.15, 0.2) is 29.1 Å². The van der Waals surface area contributed by atoms with Crippen molar-refractivity contribution in [1.29, 1.82) is 0 Å². The average Bonchev–Trinajstić information content (AvgIpc) is 3.35. The highest BCUT2D eigenvalue weighted by Gasteiger charge is 2.43. The van der Waals surface area contributed by atoms with Crippen LogP contribution in [0.1, 0.15) is 71.1 Å². The molecule has 11 heteroatoms. The zero-order valence-electron chi connectivity index (χ0n) is 26.0. The molecule has 2 N–H and O–H groups in total. The number of carbonyl (C=O) groups is 2. The van der Waals surface area contributed by atoms with E-state index < -0.39 is 70.5 Å². The van der Waals surface area contributed by atoms with Gasteiger partial charge in [0.2, 0.25) is 5.91 Å². The van der Waals surface area contributed by atoms with E-state index in [2.05, 4.69) is 10.6 Å². The molecule has 238 valence electrons. The summed E-state index contributed by atoms with van der Waals surface area (Å²) in [5.41, 5.74) is -1.15. The van der Waals surface area contributed by atoms with Gasteiger partial charge in [0.25, 0.3) is 0 Å². The quantitative estimate of drug-likeness (QED) is 0.221. The SMILES string of the molecule is Cc1ccc(C[C@H](NC[C@H](C)NC(=O)[C@@H]2CN(C(C)(C)C)C[C@H]2c2ccc(F)c(F)c2F)C(=O)OC(C)(C)C)c(F)c1F. The molecule has 0 radical (unpaired) electrons. The van der Waals surface area contributed by atoms with Gasteiger partial charge in [-0.2, -0.15) is 0 Å². The largest absolute Gasteiger partial charge is 0.459 e. The van der Waals surface area contributed by atoms with E-state index in [-0.39, 0.29) is 48.3 Å². The van der Waals surface area contributed by atoms with Crippen molar-refractivity contribution in [2.45, 2.75) is 91.0 Å². The molecule has 1 saturated heterocycles. The van der Waals surface area contributed by atoms with Crippen LogP contribution in [0.25, 0.3) is 0 Å². The Hall–Kier alpha value is -3.05. The second-order valence-electron chi connectivity index (χ2n) is 13.3. The fourth-order valence-electron chi connectivity index (χ4n) is 5.15. The van der Waals surface area contributed by atoms with Crippen LogP contribution in [0.15, 0.2) is 24.3 Å². The number of hydrogen-bond acceptors (Lipinski definition) is 5. The number of likely N-dealkylation sites (tertiary alicyclic amines) is 1. The Morgan fingerprint density at radius 3 is 2.19 bits per heavy atom. The fraction of sp³-hybridized carbons (Fsp3) is 0.562. The highest BCUT2D eigenvalue weighted by Crippen LogP contribution is 2.38. The molecule has 43 heavy (non-hydrogen) atoms. The van der Waals surface area contributed by atoms with E-state index >= 15 is 0 Å². The van der Waals surface area contributed by atoms with Crippen LogP contribution in [0.4, 0.5) is 22.0 Å². The monoisotopic (exact) mass is 611 g/mol. The molecule has 0 saturated carbocycles. The van der Waals surface area contributed by atoms with Crippen molar-refractivity contribution in [3.63, 3.8) is 0 Å². The minimum absolute atomic E-state index is 0.00669. The first kappa shape index (κ1) is 34.4. The molecule has 0 spiro atoms. The van der Waals surface area contributed by atoms with Crippen molar-refractivity contribution in [2.24, 2.45) is 5.92 Å². The molecule has 1 aliphatic heterocycles. The number of halogens is 5. The van der Waals surface area contributed by atoms with Crippen molar-refractivity contribution in [3.8, 4) is 0 Å². The number of nitrogens with zero attached hydrogens (tertiary/aromatic N) is 1. The van der Waals surface area contributed by atoms with Gasteiger partial charge in [0.1, 0.15) is 11.6 Å². The smallest absolute Gasteiger partial charge is 0.324 e. The minimum atomic E-state index is -1.58. The summed E-state index contributed by atoms with van der Waals surface area (Å²) in [5, 5.41) is 5.88. The first-order valence-electron chi connectivity index (χ1n) is 14.4. The average molecular weight is 612 g/mol. The first-order valence-corrected chi connectivity index (χ1v) is 14.4. The Bertz CT molecular complexity index is 1340. The van der Waals surface area contributed by atoms with Crippen LogP contribution < -0.4 is 10.6 Å². The second-order valence-corrected chi connectivity index (χ2v) is 13.3. The number of nitrogens with one attached hydrogen (secondary N) is 2. The van der Waals surface area contributed by atoms with Gasteiger partial charge in [-0.05, 0) is 78.1 Å². The first-order chi connectivity index (χ1) is 19.8. The fourth-order valence-corrected chi connectivity index (χ4v) is 5.15. The molecule has 2 aromatic rings. The van der Waals surface area contributed by atoms with Crippen LogP contribution >= 0.6 is 0 Å².